The van der Waals surface area contributed by atoms with Crippen LogP contribution in [0.15, 0.2) is 69.6 Å². The van der Waals surface area contributed by atoms with E-state index in [1.807, 2.05) is 0 Å². The quantitative estimate of drug-likeness (QED) is 0.267. The van der Waals surface area contributed by atoms with Gasteiger partial charge in [0.1, 0.15) is 18.4 Å². The third kappa shape index (κ3) is 5.18. The summed E-state index contributed by atoms with van der Waals surface area (Å²) in [6.45, 7) is 3.29. The SMILES string of the molecule is COCCOC(=O)C1=C(C)N=c2s/c(=C\c3ccccc3OC(C)=O)c(=O)n2C1c1ccccc1Cl. The number of benzene rings is 2. The Labute approximate surface area is 215 Å². The topological polar surface area (TPSA) is 96.2 Å². The van der Waals surface area contributed by atoms with Crippen molar-refractivity contribution in [1.82, 2.24) is 4.57 Å². The number of fused-ring (bicyclic) bond motifs is 1. The van der Waals surface area contributed by atoms with Gasteiger partial charge in [-0.2, -0.15) is 0 Å². The van der Waals surface area contributed by atoms with Gasteiger partial charge in [0, 0.05) is 24.6 Å². The Morgan fingerprint density at radius 3 is 2.58 bits per heavy atom. The van der Waals surface area contributed by atoms with Gasteiger partial charge in [0.2, 0.25) is 0 Å². The molecule has 1 atom stereocenters. The molecular formula is C26H23ClN2O6S. The summed E-state index contributed by atoms with van der Waals surface area (Å²) in [6.07, 6.45) is 1.64. The van der Waals surface area contributed by atoms with Crippen LogP contribution in [-0.4, -0.2) is 36.8 Å². The second-order valence-corrected chi connectivity index (χ2v) is 9.28. The highest BCUT2D eigenvalue weighted by molar-refractivity contribution is 7.07. The van der Waals surface area contributed by atoms with Gasteiger partial charge in [-0.05, 0) is 30.7 Å². The molecule has 1 unspecified atom stereocenters. The number of hydrogen-bond donors (Lipinski definition) is 0. The molecule has 0 saturated heterocycles. The Morgan fingerprint density at radius 1 is 1.14 bits per heavy atom. The van der Waals surface area contributed by atoms with Gasteiger partial charge in [-0.15, -0.1) is 0 Å². The van der Waals surface area contributed by atoms with E-state index in [0.717, 1.165) is 0 Å². The molecule has 4 rings (SSSR count). The predicted octanol–water partition coefficient (Wildman–Crippen LogP) is 3.00. The number of halogens is 1. The van der Waals surface area contributed by atoms with Gasteiger partial charge < -0.3 is 14.2 Å². The van der Waals surface area contributed by atoms with Crippen molar-refractivity contribution >= 4 is 41.0 Å². The first-order valence-corrected chi connectivity index (χ1v) is 12.2. The summed E-state index contributed by atoms with van der Waals surface area (Å²) in [6, 6.07) is 13.1. The zero-order valence-corrected chi connectivity index (χ0v) is 21.4. The van der Waals surface area contributed by atoms with E-state index in [0.29, 0.717) is 36.9 Å². The molecule has 1 aliphatic heterocycles. The first-order chi connectivity index (χ1) is 17.3. The van der Waals surface area contributed by atoms with Gasteiger partial charge >= 0.3 is 11.9 Å². The smallest absolute Gasteiger partial charge is 0.338 e. The third-order valence-corrected chi connectivity index (χ3v) is 6.75. The summed E-state index contributed by atoms with van der Waals surface area (Å²) >= 11 is 7.70. The Bertz CT molecular complexity index is 1540. The molecule has 0 aliphatic carbocycles. The van der Waals surface area contributed by atoms with Crippen molar-refractivity contribution in [3.05, 3.63) is 95.6 Å². The number of allylic oxidation sites excluding steroid dienone is 1. The average molecular weight is 527 g/mol. The van der Waals surface area contributed by atoms with Crippen molar-refractivity contribution in [2.75, 3.05) is 20.3 Å². The van der Waals surface area contributed by atoms with Crippen LogP contribution in [0.25, 0.3) is 6.08 Å². The Balaban J connectivity index is 1.91. The highest BCUT2D eigenvalue weighted by atomic mass is 35.5. The molecule has 36 heavy (non-hydrogen) atoms. The van der Waals surface area contributed by atoms with Gasteiger partial charge in [0.05, 0.1) is 22.4 Å². The molecule has 0 amide bonds. The van der Waals surface area contributed by atoms with Crippen LogP contribution >= 0.6 is 22.9 Å². The summed E-state index contributed by atoms with van der Waals surface area (Å²) in [5, 5.41) is 0.397. The van der Waals surface area contributed by atoms with E-state index in [2.05, 4.69) is 4.99 Å². The van der Waals surface area contributed by atoms with Crippen LogP contribution in [0.2, 0.25) is 5.02 Å². The first-order valence-electron chi connectivity index (χ1n) is 11.0. The number of carbonyl (C=O) groups excluding carboxylic acids is 2. The molecule has 0 fully saturated rings. The lowest BCUT2D eigenvalue weighted by Gasteiger charge is -2.25. The largest absolute Gasteiger partial charge is 0.460 e. The number of thiazole rings is 1. The van der Waals surface area contributed by atoms with E-state index in [9.17, 15) is 14.4 Å². The Hall–Kier alpha value is -3.53. The third-order valence-electron chi connectivity index (χ3n) is 5.42. The van der Waals surface area contributed by atoms with Gasteiger partial charge in [0.15, 0.2) is 4.80 Å². The molecule has 186 valence electrons. The minimum atomic E-state index is -0.837. The number of ether oxygens (including phenoxy) is 3. The zero-order valence-electron chi connectivity index (χ0n) is 19.8. The molecule has 1 aliphatic rings. The van der Waals surface area contributed by atoms with E-state index in [1.165, 1.54) is 29.9 Å². The lowest BCUT2D eigenvalue weighted by atomic mass is 9.96. The van der Waals surface area contributed by atoms with Crippen molar-refractivity contribution in [2.24, 2.45) is 4.99 Å². The minimum Gasteiger partial charge on any atom is -0.460 e. The molecule has 3 aromatic rings. The van der Waals surface area contributed by atoms with Gasteiger partial charge in [-0.25, -0.2) is 9.79 Å². The normalized spacial score (nSPS) is 15.3. The standard InChI is InChI=1S/C26H23ClN2O6S/c1-15-22(25(32)34-13-12-33-3)23(18-9-5-6-10-19(18)27)29-24(31)21(36-26(29)28-15)14-17-8-4-7-11-20(17)35-16(2)30/h4-11,14,23H,12-13H2,1-3H3/b21-14-. The van der Waals surface area contributed by atoms with Crippen LogP contribution in [0.5, 0.6) is 5.75 Å². The second-order valence-electron chi connectivity index (χ2n) is 7.86. The van der Waals surface area contributed by atoms with Crippen LogP contribution in [0.3, 0.4) is 0 Å². The fraction of sp³-hybridized carbons (Fsp3) is 0.231. The summed E-state index contributed by atoms with van der Waals surface area (Å²) < 4.78 is 17.5. The average Bonchev–Trinajstić information content (AvgIpc) is 3.14. The van der Waals surface area contributed by atoms with Crippen molar-refractivity contribution in [3.63, 3.8) is 0 Å². The fourth-order valence-electron chi connectivity index (χ4n) is 3.86. The number of nitrogens with zero attached hydrogens (tertiary/aromatic N) is 2. The lowest BCUT2D eigenvalue weighted by Crippen LogP contribution is -2.40. The monoisotopic (exact) mass is 526 g/mol. The summed E-state index contributed by atoms with van der Waals surface area (Å²) in [5.74, 6) is -0.743. The maximum absolute atomic E-state index is 13.7. The molecule has 0 spiro atoms. The maximum Gasteiger partial charge on any atom is 0.338 e. The molecule has 10 heteroatoms. The maximum atomic E-state index is 13.7. The molecule has 2 heterocycles. The number of para-hydroxylation sites is 1. The van der Waals surface area contributed by atoms with Crippen molar-refractivity contribution in [3.8, 4) is 5.75 Å². The van der Waals surface area contributed by atoms with Crippen molar-refractivity contribution < 1.29 is 23.8 Å². The van der Waals surface area contributed by atoms with Crippen LogP contribution in [0, 0.1) is 0 Å². The molecular weight excluding hydrogens is 504 g/mol. The van der Waals surface area contributed by atoms with Crippen LogP contribution in [0.4, 0.5) is 0 Å². The lowest BCUT2D eigenvalue weighted by molar-refractivity contribution is -0.140. The number of methoxy groups -OCH3 is 1. The summed E-state index contributed by atoms with van der Waals surface area (Å²) in [5.41, 5.74) is 1.41. The molecule has 0 saturated carbocycles. The van der Waals surface area contributed by atoms with Gasteiger partial charge in [0.25, 0.3) is 5.56 Å². The fourth-order valence-corrected chi connectivity index (χ4v) is 5.13. The predicted molar refractivity (Wildman–Crippen MR) is 136 cm³/mol. The highest BCUT2D eigenvalue weighted by Crippen LogP contribution is 2.34. The van der Waals surface area contributed by atoms with Crippen LogP contribution in [0.1, 0.15) is 31.0 Å². The Morgan fingerprint density at radius 2 is 1.86 bits per heavy atom. The zero-order chi connectivity index (χ0) is 25.8. The van der Waals surface area contributed by atoms with E-state index in [-0.39, 0.29) is 24.3 Å². The van der Waals surface area contributed by atoms with Crippen LogP contribution in [-0.2, 0) is 19.1 Å². The molecule has 0 bridgehead atoms. The highest BCUT2D eigenvalue weighted by Gasteiger charge is 2.34. The minimum absolute atomic E-state index is 0.0543. The number of carbonyl (C=O) groups is 2. The molecule has 8 nitrogen and oxygen atoms in total. The number of rotatable bonds is 7. The number of esters is 2. The van der Waals surface area contributed by atoms with E-state index in [1.54, 1.807) is 61.5 Å². The molecule has 0 radical (unpaired) electrons. The molecule has 1 aromatic heterocycles. The van der Waals surface area contributed by atoms with E-state index in [4.69, 9.17) is 25.8 Å². The summed E-state index contributed by atoms with van der Waals surface area (Å²) in [4.78, 5) is 43.3. The first kappa shape index (κ1) is 25.6. The van der Waals surface area contributed by atoms with Crippen molar-refractivity contribution in [1.29, 1.82) is 0 Å². The van der Waals surface area contributed by atoms with E-state index < -0.39 is 18.0 Å². The summed E-state index contributed by atoms with van der Waals surface area (Å²) in [7, 11) is 1.51. The van der Waals surface area contributed by atoms with Crippen LogP contribution < -0.4 is 19.6 Å². The van der Waals surface area contributed by atoms with E-state index >= 15 is 0 Å². The number of aromatic nitrogens is 1. The molecule has 2 aromatic carbocycles. The second kappa shape index (κ2) is 11.0. The Kier molecular flexibility index (Phi) is 7.83. The van der Waals surface area contributed by atoms with Crippen molar-refractivity contribution in [2.45, 2.75) is 19.9 Å². The van der Waals surface area contributed by atoms with Gasteiger partial charge in [-0.3, -0.25) is 14.2 Å². The number of hydrogen-bond acceptors (Lipinski definition) is 8. The van der Waals surface area contributed by atoms with Gasteiger partial charge in [-0.1, -0.05) is 59.3 Å². The molecule has 0 N–H and O–H groups in total.